The minimum absolute atomic E-state index is 0.121. The molecule has 21 heavy (non-hydrogen) atoms. The van der Waals surface area contributed by atoms with E-state index in [1.165, 1.54) is 28.9 Å². The lowest BCUT2D eigenvalue weighted by molar-refractivity contribution is -0.122. The van der Waals surface area contributed by atoms with Crippen LogP contribution in [0.1, 0.15) is 23.5 Å². The molecular weight excluding hydrogens is 306 g/mol. The molecule has 1 atom stereocenters. The van der Waals surface area contributed by atoms with Crippen molar-refractivity contribution in [3.8, 4) is 16.6 Å². The Kier molecular flexibility index (Phi) is 4.83. The van der Waals surface area contributed by atoms with Gasteiger partial charge in [-0.1, -0.05) is 0 Å². The van der Waals surface area contributed by atoms with E-state index in [0.29, 0.717) is 9.88 Å². The van der Waals surface area contributed by atoms with Crippen LogP contribution in [0, 0.1) is 17.2 Å². The van der Waals surface area contributed by atoms with Crippen LogP contribution < -0.4 is 5.32 Å². The molecule has 0 saturated heterocycles. The maximum Gasteiger partial charge on any atom is 0.245 e. The smallest absolute Gasteiger partial charge is 0.245 e. The summed E-state index contributed by atoms with van der Waals surface area (Å²) in [6, 6.07) is 3.56. The zero-order valence-corrected chi connectivity index (χ0v) is 13.1. The van der Waals surface area contributed by atoms with Gasteiger partial charge in [-0.25, -0.2) is 4.98 Å². The second-order valence-corrected chi connectivity index (χ2v) is 6.44. The van der Waals surface area contributed by atoms with Crippen molar-refractivity contribution in [1.82, 2.24) is 10.3 Å². The molecular formula is C14H13N3O2S2. The van der Waals surface area contributed by atoms with Crippen molar-refractivity contribution in [1.29, 1.82) is 5.26 Å². The average Bonchev–Trinajstić information content (AvgIpc) is 3.09. The monoisotopic (exact) mass is 319 g/mol. The summed E-state index contributed by atoms with van der Waals surface area (Å²) < 4.78 is 0. The van der Waals surface area contributed by atoms with Gasteiger partial charge in [-0.2, -0.15) is 16.6 Å². The van der Waals surface area contributed by atoms with Crippen LogP contribution in [0.25, 0.3) is 10.6 Å². The predicted molar refractivity (Wildman–Crippen MR) is 82.1 cm³/mol. The van der Waals surface area contributed by atoms with Crippen LogP contribution in [0.5, 0.6) is 0 Å². The number of nitriles is 1. The van der Waals surface area contributed by atoms with Gasteiger partial charge in [0.25, 0.3) is 0 Å². The summed E-state index contributed by atoms with van der Waals surface area (Å²) in [7, 11) is 0. The number of carbonyl (C=O) groups is 2. The third kappa shape index (κ3) is 3.54. The Morgan fingerprint density at radius 2 is 2.19 bits per heavy atom. The summed E-state index contributed by atoms with van der Waals surface area (Å²) >= 11 is 2.73. The number of thiazole rings is 1. The third-order valence-corrected chi connectivity index (χ3v) is 4.35. The van der Waals surface area contributed by atoms with Crippen molar-refractivity contribution in [2.24, 2.45) is 5.92 Å². The van der Waals surface area contributed by atoms with E-state index in [9.17, 15) is 9.59 Å². The van der Waals surface area contributed by atoms with Gasteiger partial charge < -0.3 is 5.32 Å². The molecule has 0 aliphatic carbocycles. The number of Topliss-reactive ketones (excluding diaryl/α,β-unsaturated/α-hetero) is 1. The fraction of sp³-hybridized carbons (Fsp3) is 0.286. The van der Waals surface area contributed by atoms with Gasteiger partial charge in [0, 0.05) is 23.2 Å². The van der Waals surface area contributed by atoms with Gasteiger partial charge in [0.05, 0.1) is 10.9 Å². The molecule has 0 saturated carbocycles. The molecule has 108 valence electrons. The highest BCUT2D eigenvalue weighted by atomic mass is 32.1. The second-order valence-electron chi connectivity index (χ2n) is 4.63. The topological polar surface area (TPSA) is 82.9 Å². The fourth-order valence-electron chi connectivity index (χ4n) is 1.65. The maximum atomic E-state index is 12.3. The summed E-state index contributed by atoms with van der Waals surface area (Å²) in [5.41, 5.74) is 0.934. The van der Waals surface area contributed by atoms with Crippen LogP contribution in [-0.2, 0) is 4.79 Å². The Labute approximate surface area is 130 Å². The number of aromatic nitrogens is 1. The molecule has 0 aliphatic heterocycles. The molecule has 1 unspecified atom stereocenters. The molecule has 0 aromatic carbocycles. The van der Waals surface area contributed by atoms with Crippen LogP contribution in [0.4, 0.5) is 0 Å². The van der Waals surface area contributed by atoms with E-state index < -0.39 is 17.6 Å². The van der Waals surface area contributed by atoms with Crippen LogP contribution in [0.2, 0.25) is 0 Å². The number of carbonyl (C=O) groups excluding carboxylic acids is 2. The average molecular weight is 319 g/mol. The van der Waals surface area contributed by atoms with E-state index in [1.807, 2.05) is 16.8 Å². The van der Waals surface area contributed by atoms with E-state index in [1.54, 1.807) is 19.9 Å². The zero-order chi connectivity index (χ0) is 15.4. The molecule has 1 N–H and O–H groups in total. The summed E-state index contributed by atoms with van der Waals surface area (Å²) in [6.45, 7) is 3.55. The van der Waals surface area contributed by atoms with Crippen LogP contribution >= 0.6 is 22.7 Å². The van der Waals surface area contributed by atoms with E-state index in [-0.39, 0.29) is 6.04 Å². The lowest BCUT2D eigenvalue weighted by Gasteiger charge is -2.10. The normalized spacial score (nSPS) is 11.9. The van der Waals surface area contributed by atoms with E-state index in [0.717, 1.165) is 5.56 Å². The number of ketones is 1. The molecule has 2 aromatic heterocycles. The lowest BCUT2D eigenvalue weighted by Crippen LogP contribution is -2.38. The van der Waals surface area contributed by atoms with E-state index in [4.69, 9.17) is 5.26 Å². The SMILES string of the molecule is CC(C)NC(=O)C(C#N)C(=O)c1cnc(-c2ccsc2)s1. The number of thiophene rings is 1. The summed E-state index contributed by atoms with van der Waals surface area (Å²) in [5.74, 6) is -2.40. The van der Waals surface area contributed by atoms with Gasteiger partial charge in [-0.05, 0) is 25.3 Å². The van der Waals surface area contributed by atoms with Gasteiger partial charge in [-0.3, -0.25) is 9.59 Å². The van der Waals surface area contributed by atoms with Crippen LogP contribution in [0.15, 0.2) is 23.0 Å². The number of hydrogen-bond acceptors (Lipinski definition) is 6. The second kappa shape index (κ2) is 6.61. The molecule has 7 heteroatoms. The minimum atomic E-state index is -1.33. The first-order chi connectivity index (χ1) is 10.0. The molecule has 0 spiro atoms. The van der Waals surface area contributed by atoms with Gasteiger partial charge in [0.1, 0.15) is 5.01 Å². The zero-order valence-electron chi connectivity index (χ0n) is 11.5. The number of nitrogens with one attached hydrogen (secondary N) is 1. The van der Waals surface area contributed by atoms with Gasteiger partial charge >= 0.3 is 0 Å². The molecule has 5 nitrogen and oxygen atoms in total. The standard InChI is InChI=1S/C14H13N3O2S2/c1-8(2)17-13(19)10(5-15)12(18)11-6-16-14(21-11)9-3-4-20-7-9/h3-4,6-8,10H,1-2H3,(H,17,19). The van der Waals surface area contributed by atoms with Crippen molar-refractivity contribution in [3.05, 3.63) is 27.9 Å². The number of hydrogen-bond donors (Lipinski definition) is 1. The first kappa shape index (κ1) is 15.4. The highest BCUT2D eigenvalue weighted by Gasteiger charge is 2.29. The van der Waals surface area contributed by atoms with Gasteiger partial charge in [0.15, 0.2) is 5.92 Å². The molecule has 1 amide bonds. The van der Waals surface area contributed by atoms with Crippen molar-refractivity contribution in [3.63, 3.8) is 0 Å². The Bertz CT molecular complexity index is 683. The maximum absolute atomic E-state index is 12.3. The van der Waals surface area contributed by atoms with Gasteiger partial charge in [-0.15, -0.1) is 11.3 Å². The fourth-order valence-corrected chi connectivity index (χ4v) is 3.25. The van der Waals surface area contributed by atoms with Gasteiger partial charge in [0.2, 0.25) is 11.7 Å². The Morgan fingerprint density at radius 1 is 1.43 bits per heavy atom. The minimum Gasteiger partial charge on any atom is -0.352 e. The third-order valence-electron chi connectivity index (χ3n) is 2.60. The lowest BCUT2D eigenvalue weighted by atomic mass is 10.0. The van der Waals surface area contributed by atoms with Crippen LogP contribution in [-0.4, -0.2) is 22.7 Å². The highest BCUT2D eigenvalue weighted by Crippen LogP contribution is 2.28. The van der Waals surface area contributed by atoms with E-state index >= 15 is 0 Å². The largest absolute Gasteiger partial charge is 0.352 e. The van der Waals surface area contributed by atoms with Crippen molar-refractivity contribution < 1.29 is 9.59 Å². The molecule has 0 bridgehead atoms. The van der Waals surface area contributed by atoms with Crippen molar-refractivity contribution in [2.75, 3.05) is 0 Å². The molecule has 2 aromatic rings. The molecule has 0 aliphatic rings. The Hall–Kier alpha value is -2.04. The first-order valence-corrected chi connectivity index (χ1v) is 8.01. The Balaban J connectivity index is 2.19. The number of rotatable bonds is 5. The number of amides is 1. The molecule has 2 rings (SSSR count). The molecule has 2 heterocycles. The van der Waals surface area contributed by atoms with Crippen molar-refractivity contribution in [2.45, 2.75) is 19.9 Å². The first-order valence-electron chi connectivity index (χ1n) is 6.25. The summed E-state index contributed by atoms with van der Waals surface area (Å²) in [5, 5.41) is 16.2. The molecule has 0 radical (unpaired) electrons. The summed E-state index contributed by atoms with van der Waals surface area (Å²) in [4.78, 5) is 28.6. The summed E-state index contributed by atoms with van der Waals surface area (Å²) in [6.07, 6.45) is 1.42. The molecule has 0 fully saturated rings. The Morgan fingerprint density at radius 3 is 2.76 bits per heavy atom. The highest BCUT2D eigenvalue weighted by molar-refractivity contribution is 7.17. The number of nitrogens with zero attached hydrogens (tertiary/aromatic N) is 2. The van der Waals surface area contributed by atoms with Crippen LogP contribution in [0.3, 0.4) is 0 Å². The van der Waals surface area contributed by atoms with Crippen molar-refractivity contribution >= 4 is 34.4 Å². The quantitative estimate of drug-likeness (QED) is 0.678. The van der Waals surface area contributed by atoms with E-state index in [2.05, 4.69) is 10.3 Å². The predicted octanol–water partition coefficient (Wildman–Crippen LogP) is 2.72.